The van der Waals surface area contributed by atoms with Crippen LogP contribution in [-0.2, 0) is 4.79 Å². The first-order valence-corrected chi connectivity index (χ1v) is 6.91. The van der Waals surface area contributed by atoms with Crippen molar-refractivity contribution in [2.45, 2.75) is 19.0 Å². The zero-order valence-electron chi connectivity index (χ0n) is 12.1. The van der Waals surface area contributed by atoms with Crippen molar-refractivity contribution in [3.63, 3.8) is 0 Å². The van der Waals surface area contributed by atoms with Crippen molar-refractivity contribution in [1.82, 2.24) is 0 Å². The number of ether oxygens (including phenoxy) is 1. The number of amides is 1. The molecule has 1 saturated heterocycles. The lowest BCUT2D eigenvalue weighted by atomic mass is 9.88. The molecule has 1 amide bonds. The summed E-state index contributed by atoms with van der Waals surface area (Å²) in [5.74, 6) is 0.751. The fraction of sp³-hybridized carbons (Fsp3) is 0.235. The molecule has 21 heavy (non-hydrogen) atoms. The quantitative estimate of drug-likeness (QED) is 0.880. The van der Waals surface area contributed by atoms with Crippen LogP contribution in [0.1, 0.15) is 17.2 Å². The summed E-state index contributed by atoms with van der Waals surface area (Å²) in [7, 11) is 1.63. The van der Waals surface area contributed by atoms with E-state index in [0.29, 0.717) is 0 Å². The highest BCUT2D eigenvalue weighted by molar-refractivity contribution is 6.05. The van der Waals surface area contributed by atoms with E-state index in [1.165, 1.54) is 0 Å². The standard InChI is InChI=1S/C17H18N2O2/c1-11-4-3-5-13(10-11)19-16(15(18)17(19)20)12-6-8-14(21-2)9-7-12/h3-10,15-16H,18H2,1-2H3/t15-,16+/m1/s1. The number of hydrogen-bond acceptors (Lipinski definition) is 3. The van der Waals surface area contributed by atoms with Crippen molar-refractivity contribution in [3.05, 3.63) is 59.7 Å². The van der Waals surface area contributed by atoms with Gasteiger partial charge in [0.05, 0.1) is 13.2 Å². The fourth-order valence-electron chi connectivity index (χ4n) is 2.73. The lowest BCUT2D eigenvalue weighted by Crippen LogP contribution is -2.63. The summed E-state index contributed by atoms with van der Waals surface area (Å²) in [5, 5.41) is 0. The minimum absolute atomic E-state index is 0.0404. The van der Waals surface area contributed by atoms with E-state index in [2.05, 4.69) is 0 Å². The fourth-order valence-corrected chi connectivity index (χ4v) is 2.73. The SMILES string of the molecule is COc1ccc([C@H]2[C@@H](N)C(=O)N2c2cccc(C)c2)cc1. The average Bonchev–Trinajstić information content (AvgIpc) is 2.51. The third kappa shape index (κ3) is 2.28. The Hall–Kier alpha value is -2.33. The average molecular weight is 282 g/mol. The molecule has 1 aliphatic rings. The Balaban J connectivity index is 1.94. The van der Waals surface area contributed by atoms with Gasteiger partial charge in [0.2, 0.25) is 5.91 Å². The molecule has 1 heterocycles. The van der Waals surface area contributed by atoms with Crippen LogP contribution in [0.25, 0.3) is 0 Å². The lowest BCUT2D eigenvalue weighted by Gasteiger charge is -2.45. The van der Waals surface area contributed by atoms with Crippen molar-refractivity contribution in [1.29, 1.82) is 0 Å². The molecule has 1 aliphatic heterocycles. The summed E-state index contributed by atoms with van der Waals surface area (Å²) < 4.78 is 5.16. The van der Waals surface area contributed by atoms with Crippen LogP contribution in [0, 0.1) is 6.92 Å². The zero-order valence-corrected chi connectivity index (χ0v) is 12.1. The van der Waals surface area contributed by atoms with Gasteiger partial charge in [0.25, 0.3) is 0 Å². The molecule has 4 heteroatoms. The second-order valence-corrected chi connectivity index (χ2v) is 5.29. The molecule has 0 bridgehead atoms. The van der Waals surface area contributed by atoms with Crippen molar-refractivity contribution >= 4 is 11.6 Å². The number of nitrogens with zero attached hydrogens (tertiary/aromatic N) is 1. The first-order valence-electron chi connectivity index (χ1n) is 6.91. The highest BCUT2D eigenvalue weighted by Gasteiger charge is 2.46. The maximum atomic E-state index is 12.2. The third-order valence-electron chi connectivity index (χ3n) is 3.88. The summed E-state index contributed by atoms with van der Waals surface area (Å²) >= 11 is 0. The van der Waals surface area contributed by atoms with E-state index in [1.54, 1.807) is 12.0 Å². The Labute approximate surface area is 124 Å². The Morgan fingerprint density at radius 2 is 1.86 bits per heavy atom. The minimum atomic E-state index is -0.487. The van der Waals surface area contributed by atoms with E-state index in [4.69, 9.17) is 10.5 Å². The van der Waals surface area contributed by atoms with Crippen LogP contribution in [0.15, 0.2) is 48.5 Å². The molecular weight excluding hydrogens is 264 g/mol. The molecule has 4 nitrogen and oxygen atoms in total. The molecule has 2 aromatic rings. The van der Waals surface area contributed by atoms with Crippen molar-refractivity contribution in [3.8, 4) is 5.75 Å². The number of hydrogen-bond donors (Lipinski definition) is 1. The van der Waals surface area contributed by atoms with Gasteiger partial charge in [-0.15, -0.1) is 0 Å². The molecule has 0 aromatic heterocycles. The van der Waals surface area contributed by atoms with Gasteiger partial charge in [-0.05, 0) is 42.3 Å². The highest BCUT2D eigenvalue weighted by Crippen LogP contribution is 2.38. The molecule has 0 saturated carbocycles. The van der Waals surface area contributed by atoms with Gasteiger partial charge in [-0.3, -0.25) is 4.79 Å². The number of methoxy groups -OCH3 is 1. The van der Waals surface area contributed by atoms with Gasteiger partial charge in [-0.1, -0.05) is 24.3 Å². The van der Waals surface area contributed by atoms with Gasteiger partial charge in [-0.2, -0.15) is 0 Å². The molecule has 2 aromatic carbocycles. The summed E-state index contributed by atoms with van der Waals surface area (Å²) in [6.07, 6.45) is 0. The van der Waals surface area contributed by atoms with Gasteiger partial charge < -0.3 is 15.4 Å². The van der Waals surface area contributed by atoms with Crippen molar-refractivity contribution in [2.75, 3.05) is 12.0 Å². The second kappa shape index (κ2) is 5.22. The number of nitrogens with two attached hydrogens (primary N) is 1. The van der Waals surface area contributed by atoms with Crippen LogP contribution in [0.5, 0.6) is 5.75 Å². The molecule has 2 N–H and O–H groups in total. The number of carbonyl (C=O) groups excluding carboxylic acids is 1. The summed E-state index contributed by atoms with van der Waals surface area (Å²) in [5.41, 5.74) is 9.04. The Morgan fingerprint density at radius 1 is 1.14 bits per heavy atom. The topological polar surface area (TPSA) is 55.6 Å². The van der Waals surface area contributed by atoms with E-state index in [9.17, 15) is 4.79 Å². The molecule has 0 spiro atoms. The molecular formula is C17H18N2O2. The molecule has 1 fully saturated rings. The molecule has 0 aliphatic carbocycles. The number of carbonyl (C=O) groups is 1. The van der Waals surface area contributed by atoms with Crippen LogP contribution < -0.4 is 15.4 Å². The van der Waals surface area contributed by atoms with E-state index in [1.807, 2.05) is 55.5 Å². The first-order chi connectivity index (χ1) is 10.1. The van der Waals surface area contributed by atoms with Gasteiger partial charge in [-0.25, -0.2) is 0 Å². The predicted octanol–water partition coefficient (Wildman–Crippen LogP) is 2.42. The molecule has 0 unspecified atom stereocenters. The van der Waals surface area contributed by atoms with Gasteiger partial charge in [0.15, 0.2) is 0 Å². The largest absolute Gasteiger partial charge is 0.497 e. The van der Waals surface area contributed by atoms with E-state index in [0.717, 1.165) is 22.6 Å². The molecule has 2 atom stereocenters. The predicted molar refractivity (Wildman–Crippen MR) is 82.4 cm³/mol. The van der Waals surface area contributed by atoms with Gasteiger partial charge >= 0.3 is 0 Å². The maximum Gasteiger partial charge on any atom is 0.247 e. The molecule has 108 valence electrons. The molecule has 0 radical (unpaired) electrons. The van der Waals surface area contributed by atoms with Crippen molar-refractivity contribution in [2.24, 2.45) is 5.73 Å². The number of aryl methyl sites for hydroxylation is 1. The van der Waals surface area contributed by atoms with Crippen LogP contribution in [0.4, 0.5) is 5.69 Å². The van der Waals surface area contributed by atoms with Crippen LogP contribution >= 0.6 is 0 Å². The number of rotatable bonds is 3. The normalized spacial score (nSPS) is 21.1. The highest BCUT2D eigenvalue weighted by atomic mass is 16.5. The Bertz CT molecular complexity index is 667. The first kappa shape index (κ1) is 13.6. The lowest BCUT2D eigenvalue weighted by molar-refractivity contribution is -0.126. The number of β-lactam (4-membered cyclic amide) rings is 1. The summed E-state index contributed by atoms with van der Waals surface area (Å²) in [6, 6.07) is 15.0. The second-order valence-electron chi connectivity index (χ2n) is 5.29. The number of anilines is 1. The van der Waals surface area contributed by atoms with Crippen LogP contribution in [0.2, 0.25) is 0 Å². The molecule has 3 rings (SSSR count). The van der Waals surface area contributed by atoms with Crippen LogP contribution in [-0.4, -0.2) is 19.1 Å². The number of benzene rings is 2. The Kier molecular flexibility index (Phi) is 3.39. The van der Waals surface area contributed by atoms with Gasteiger partial charge in [0, 0.05) is 5.69 Å². The summed E-state index contributed by atoms with van der Waals surface area (Å²) in [4.78, 5) is 13.9. The zero-order chi connectivity index (χ0) is 15.0. The summed E-state index contributed by atoms with van der Waals surface area (Å²) in [6.45, 7) is 2.01. The van der Waals surface area contributed by atoms with E-state index in [-0.39, 0.29) is 11.9 Å². The van der Waals surface area contributed by atoms with Gasteiger partial charge in [0.1, 0.15) is 11.8 Å². The Morgan fingerprint density at radius 3 is 2.48 bits per heavy atom. The van der Waals surface area contributed by atoms with Crippen molar-refractivity contribution < 1.29 is 9.53 Å². The maximum absolute atomic E-state index is 12.2. The van der Waals surface area contributed by atoms with Crippen LogP contribution in [0.3, 0.4) is 0 Å². The van der Waals surface area contributed by atoms with E-state index >= 15 is 0 Å². The monoisotopic (exact) mass is 282 g/mol. The smallest absolute Gasteiger partial charge is 0.247 e. The van der Waals surface area contributed by atoms with E-state index < -0.39 is 6.04 Å². The third-order valence-corrected chi connectivity index (χ3v) is 3.88. The minimum Gasteiger partial charge on any atom is -0.497 e.